The van der Waals surface area contributed by atoms with Gasteiger partial charge in [0.05, 0.1) is 4.90 Å². The Balaban J connectivity index is 2.84. The minimum atomic E-state index is -3.42. The molecule has 0 aliphatic heterocycles. The van der Waals surface area contributed by atoms with Gasteiger partial charge in [0.15, 0.2) is 0 Å². The molecular formula is C13H20BrNO2S. The number of aryl methyl sites for hydroxylation is 1. The van der Waals surface area contributed by atoms with Crippen LogP contribution in [0.15, 0.2) is 27.6 Å². The smallest absolute Gasteiger partial charge is 0.211 e. The Morgan fingerprint density at radius 1 is 1.28 bits per heavy atom. The third kappa shape index (κ3) is 4.71. The predicted octanol–water partition coefficient (Wildman–Crippen LogP) is 3.47. The maximum atomic E-state index is 12.2. The summed E-state index contributed by atoms with van der Waals surface area (Å²) in [6.45, 7) is 8.52. The zero-order valence-electron chi connectivity index (χ0n) is 11.2. The molecule has 0 saturated heterocycles. The lowest BCUT2D eigenvalue weighted by atomic mass is 9.93. The minimum Gasteiger partial charge on any atom is -0.211 e. The largest absolute Gasteiger partial charge is 0.240 e. The summed E-state index contributed by atoms with van der Waals surface area (Å²) in [5.41, 5.74) is 0.871. The Kier molecular flexibility index (Phi) is 4.98. The van der Waals surface area contributed by atoms with E-state index >= 15 is 0 Å². The van der Waals surface area contributed by atoms with Gasteiger partial charge in [0.2, 0.25) is 10.0 Å². The second-order valence-corrected chi connectivity index (χ2v) is 8.27. The van der Waals surface area contributed by atoms with Gasteiger partial charge in [0.1, 0.15) is 0 Å². The number of halogens is 1. The van der Waals surface area contributed by atoms with E-state index in [1.54, 1.807) is 19.1 Å². The average molecular weight is 334 g/mol. The van der Waals surface area contributed by atoms with Crippen LogP contribution in [0.2, 0.25) is 0 Å². The van der Waals surface area contributed by atoms with Crippen LogP contribution in [0.5, 0.6) is 0 Å². The fourth-order valence-corrected chi connectivity index (χ4v) is 3.31. The Morgan fingerprint density at radius 2 is 1.89 bits per heavy atom. The van der Waals surface area contributed by atoms with Crippen LogP contribution in [0.25, 0.3) is 0 Å². The van der Waals surface area contributed by atoms with E-state index in [4.69, 9.17) is 0 Å². The third-order valence-electron chi connectivity index (χ3n) is 2.61. The molecule has 3 nitrogen and oxygen atoms in total. The molecule has 5 heteroatoms. The summed E-state index contributed by atoms with van der Waals surface area (Å²) in [5.74, 6) is 0. The Labute approximate surface area is 118 Å². The first kappa shape index (κ1) is 15.7. The molecule has 0 aliphatic carbocycles. The zero-order chi connectivity index (χ0) is 14.0. The van der Waals surface area contributed by atoms with Crippen LogP contribution in [0.4, 0.5) is 0 Å². The van der Waals surface area contributed by atoms with Gasteiger partial charge in [-0.1, -0.05) is 42.8 Å². The SMILES string of the molecule is Cc1ccc(Br)cc1S(=O)(=O)NCCC(C)(C)C. The van der Waals surface area contributed by atoms with E-state index in [-0.39, 0.29) is 5.41 Å². The summed E-state index contributed by atoms with van der Waals surface area (Å²) in [4.78, 5) is 0.339. The van der Waals surface area contributed by atoms with Gasteiger partial charge in [-0.05, 0) is 36.5 Å². The Bertz CT molecular complexity index is 518. The molecule has 0 fully saturated rings. The van der Waals surface area contributed by atoms with Crippen LogP contribution in [0, 0.1) is 12.3 Å². The molecule has 1 N–H and O–H groups in total. The fraction of sp³-hybridized carbons (Fsp3) is 0.538. The van der Waals surface area contributed by atoms with E-state index in [9.17, 15) is 8.42 Å². The summed E-state index contributed by atoms with van der Waals surface area (Å²) < 4.78 is 27.7. The van der Waals surface area contributed by atoms with Crippen molar-refractivity contribution < 1.29 is 8.42 Å². The van der Waals surface area contributed by atoms with Crippen LogP contribution < -0.4 is 4.72 Å². The number of hydrogen-bond acceptors (Lipinski definition) is 2. The maximum absolute atomic E-state index is 12.2. The molecule has 0 aliphatic rings. The van der Waals surface area contributed by atoms with Crippen molar-refractivity contribution in [3.63, 3.8) is 0 Å². The first-order chi connectivity index (χ1) is 8.12. The van der Waals surface area contributed by atoms with Gasteiger partial charge in [-0.15, -0.1) is 0 Å². The van der Waals surface area contributed by atoms with E-state index in [0.717, 1.165) is 16.5 Å². The van der Waals surface area contributed by atoms with Crippen molar-refractivity contribution in [2.45, 2.75) is 39.0 Å². The van der Waals surface area contributed by atoms with Crippen molar-refractivity contribution in [1.82, 2.24) is 4.72 Å². The number of nitrogens with one attached hydrogen (secondary N) is 1. The van der Waals surface area contributed by atoms with Crippen molar-refractivity contribution in [2.75, 3.05) is 6.54 Å². The van der Waals surface area contributed by atoms with Crippen LogP contribution in [-0.2, 0) is 10.0 Å². The van der Waals surface area contributed by atoms with Crippen molar-refractivity contribution in [3.8, 4) is 0 Å². The first-order valence-corrected chi connectivity index (χ1v) is 8.15. The van der Waals surface area contributed by atoms with Gasteiger partial charge in [-0.2, -0.15) is 0 Å². The van der Waals surface area contributed by atoms with Crippen LogP contribution >= 0.6 is 15.9 Å². The highest BCUT2D eigenvalue weighted by molar-refractivity contribution is 9.10. The first-order valence-electron chi connectivity index (χ1n) is 5.88. The van der Waals surface area contributed by atoms with Crippen molar-refractivity contribution >= 4 is 26.0 Å². The monoisotopic (exact) mass is 333 g/mol. The third-order valence-corrected chi connectivity index (χ3v) is 4.70. The second kappa shape index (κ2) is 5.72. The van der Waals surface area contributed by atoms with Crippen LogP contribution in [0.3, 0.4) is 0 Å². The van der Waals surface area contributed by atoms with Crippen molar-refractivity contribution in [1.29, 1.82) is 0 Å². The summed E-state index contributed by atoms with van der Waals surface area (Å²) in [7, 11) is -3.42. The lowest BCUT2D eigenvalue weighted by Crippen LogP contribution is -2.28. The number of benzene rings is 1. The van der Waals surface area contributed by atoms with Crippen molar-refractivity contribution in [3.05, 3.63) is 28.2 Å². The lowest BCUT2D eigenvalue weighted by Gasteiger charge is -2.18. The van der Waals surface area contributed by atoms with Gasteiger partial charge >= 0.3 is 0 Å². The normalized spacial score (nSPS) is 12.7. The molecule has 1 aromatic rings. The molecule has 0 heterocycles. The molecule has 0 saturated carbocycles. The van der Waals surface area contributed by atoms with Gasteiger partial charge in [0, 0.05) is 11.0 Å². The number of hydrogen-bond donors (Lipinski definition) is 1. The van der Waals surface area contributed by atoms with E-state index in [1.807, 2.05) is 6.07 Å². The molecule has 0 spiro atoms. The molecule has 18 heavy (non-hydrogen) atoms. The summed E-state index contributed by atoms with van der Waals surface area (Å²) in [5, 5.41) is 0. The summed E-state index contributed by atoms with van der Waals surface area (Å²) >= 11 is 3.30. The molecular weight excluding hydrogens is 314 g/mol. The molecule has 1 aromatic carbocycles. The Hall–Kier alpha value is -0.390. The fourth-order valence-electron chi connectivity index (χ4n) is 1.50. The topological polar surface area (TPSA) is 46.2 Å². The summed E-state index contributed by atoms with van der Waals surface area (Å²) in [6.07, 6.45) is 0.805. The molecule has 0 unspecified atom stereocenters. The molecule has 0 atom stereocenters. The molecule has 1 rings (SSSR count). The van der Waals surface area contributed by atoms with Crippen LogP contribution in [0.1, 0.15) is 32.8 Å². The number of rotatable bonds is 4. The van der Waals surface area contributed by atoms with Gasteiger partial charge in [-0.25, -0.2) is 13.1 Å². The Morgan fingerprint density at radius 3 is 2.44 bits per heavy atom. The molecule has 102 valence electrons. The zero-order valence-corrected chi connectivity index (χ0v) is 13.7. The molecule has 0 aromatic heterocycles. The highest BCUT2D eigenvalue weighted by atomic mass is 79.9. The highest BCUT2D eigenvalue weighted by Crippen LogP contribution is 2.21. The van der Waals surface area contributed by atoms with E-state index in [0.29, 0.717) is 11.4 Å². The summed E-state index contributed by atoms with van der Waals surface area (Å²) in [6, 6.07) is 5.26. The maximum Gasteiger partial charge on any atom is 0.240 e. The standard InChI is InChI=1S/C13H20BrNO2S/c1-10-5-6-11(14)9-12(10)18(16,17)15-8-7-13(2,3)4/h5-6,9,15H,7-8H2,1-4H3. The second-order valence-electron chi connectivity index (χ2n) is 5.62. The van der Waals surface area contributed by atoms with Crippen LogP contribution in [-0.4, -0.2) is 15.0 Å². The lowest BCUT2D eigenvalue weighted by molar-refractivity contribution is 0.378. The van der Waals surface area contributed by atoms with E-state index < -0.39 is 10.0 Å². The highest BCUT2D eigenvalue weighted by Gasteiger charge is 2.18. The molecule has 0 bridgehead atoms. The van der Waals surface area contributed by atoms with E-state index in [1.165, 1.54) is 0 Å². The molecule has 0 amide bonds. The quantitative estimate of drug-likeness (QED) is 0.916. The van der Waals surface area contributed by atoms with Gasteiger partial charge in [-0.3, -0.25) is 0 Å². The van der Waals surface area contributed by atoms with Gasteiger partial charge < -0.3 is 0 Å². The average Bonchev–Trinajstić information content (AvgIpc) is 2.19. The number of sulfonamides is 1. The molecule has 0 radical (unpaired) electrons. The minimum absolute atomic E-state index is 0.120. The predicted molar refractivity (Wildman–Crippen MR) is 78.1 cm³/mol. The van der Waals surface area contributed by atoms with Crippen molar-refractivity contribution in [2.24, 2.45) is 5.41 Å². The van der Waals surface area contributed by atoms with E-state index in [2.05, 4.69) is 41.4 Å². The van der Waals surface area contributed by atoms with Gasteiger partial charge in [0.25, 0.3) is 0 Å².